The van der Waals surface area contributed by atoms with Crippen LogP contribution in [0.1, 0.15) is 245 Å². The van der Waals surface area contributed by atoms with Crippen LogP contribution >= 0.6 is 7.82 Å². The Kier molecular flexibility index (Phi) is 49.9. The molecule has 406 valence electrons. The van der Waals surface area contributed by atoms with Crippen molar-refractivity contribution in [1.29, 1.82) is 0 Å². The second-order valence-electron chi connectivity index (χ2n) is 20.6. The van der Waals surface area contributed by atoms with Gasteiger partial charge in [-0.15, -0.1) is 0 Å². The Morgan fingerprint density at radius 1 is 0.500 bits per heavy atom. The van der Waals surface area contributed by atoms with Gasteiger partial charge in [-0.25, -0.2) is 4.57 Å². The first-order chi connectivity index (χ1) is 34.0. The molecular weight excluding hydrogens is 888 g/mol. The van der Waals surface area contributed by atoms with Crippen LogP contribution in [-0.2, 0) is 18.4 Å². The van der Waals surface area contributed by atoms with E-state index in [1.807, 2.05) is 27.2 Å². The number of phosphoric acid groups is 1. The summed E-state index contributed by atoms with van der Waals surface area (Å²) in [6.07, 6.45) is 73.1. The van der Waals surface area contributed by atoms with Crippen molar-refractivity contribution in [2.45, 2.75) is 257 Å². The fraction of sp³-hybridized carbons (Fsp3) is 0.754. The highest BCUT2D eigenvalue weighted by atomic mass is 31.2. The van der Waals surface area contributed by atoms with Crippen molar-refractivity contribution in [1.82, 2.24) is 5.32 Å². The lowest BCUT2D eigenvalue weighted by molar-refractivity contribution is -0.870. The number of aliphatic hydroxyl groups excluding tert-OH is 1. The lowest BCUT2D eigenvalue weighted by atomic mass is 10.0. The first-order valence-corrected chi connectivity index (χ1v) is 30.5. The first kappa shape index (κ1) is 67.7. The fourth-order valence-corrected chi connectivity index (χ4v) is 8.84. The second kappa shape index (κ2) is 51.6. The Morgan fingerprint density at radius 2 is 0.857 bits per heavy atom. The Bertz CT molecular complexity index is 1410. The SMILES string of the molecule is CC/C=C\C/C=C\C/C=C\C/C=C\C/C=C\C/C=C\CCCCCCCCCCCCCCCCCCCCCCCCC(=O)NC(COP(=O)(O)OCC[N+](C)(C)C)C(O)/C=C/CCCCCCC. The van der Waals surface area contributed by atoms with Gasteiger partial charge in [0, 0.05) is 6.42 Å². The second-order valence-corrected chi connectivity index (χ2v) is 22.1. The molecule has 0 aromatic carbocycles. The fourth-order valence-electron chi connectivity index (χ4n) is 8.10. The van der Waals surface area contributed by atoms with E-state index in [0.29, 0.717) is 17.4 Å². The predicted octanol–water partition coefficient (Wildman–Crippen LogP) is 17.6. The van der Waals surface area contributed by atoms with E-state index in [9.17, 15) is 19.4 Å². The molecule has 0 rings (SSSR count). The molecule has 70 heavy (non-hydrogen) atoms. The smallest absolute Gasteiger partial charge is 0.387 e. The third kappa shape index (κ3) is 53.5. The van der Waals surface area contributed by atoms with Crippen LogP contribution in [0.3, 0.4) is 0 Å². The van der Waals surface area contributed by atoms with Crippen molar-refractivity contribution in [2.75, 3.05) is 40.9 Å². The van der Waals surface area contributed by atoms with Gasteiger partial charge in [0.15, 0.2) is 0 Å². The molecule has 9 heteroatoms. The molecule has 0 aliphatic heterocycles. The minimum absolute atomic E-state index is 0.0603. The molecule has 0 radical (unpaired) electrons. The molecule has 0 aliphatic carbocycles. The van der Waals surface area contributed by atoms with Crippen LogP contribution in [0.4, 0.5) is 0 Å². The van der Waals surface area contributed by atoms with Crippen LogP contribution in [-0.4, -0.2) is 73.4 Å². The average Bonchev–Trinajstić information content (AvgIpc) is 3.32. The summed E-state index contributed by atoms with van der Waals surface area (Å²) in [7, 11) is 1.57. The van der Waals surface area contributed by atoms with E-state index in [2.05, 4.69) is 92.1 Å². The number of nitrogens with zero attached hydrogens (tertiary/aromatic N) is 1. The van der Waals surface area contributed by atoms with Gasteiger partial charge in [-0.1, -0.05) is 253 Å². The zero-order chi connectivity index (χ0) is 51.3. The summed E-state index contributed by atoms with van der Waals surface area (Å²) in [5.74, 6) is -0.180. The summed E-state index contributed by atoms with van der Waals surface area (Å²) in [6.45, 7) is 4.64. The van der Waals surface area contributed by atoms with E-state index >= 15 is 0 Å². The van der Waals surface area contributed by atoms with Gasteiger partial charge >= 0.3 is 7.82 Å². The van der Waals surface area contributed by atoms with Crippen molar-refractivity contribution in [3.8, 4) is 0 Å². The number of aliphatic hydroxyl groups is 1. The number of hydrogen-bond acceptors (Lipinski definition) is 5. The van der Waals surface area contributed by atoms with Gasteiger partial charge in [0.05, 0.1) is 39.9 Å². The van der Waals surface area contributed by atoms with Gasteiger partial charge in [0.25, 0.3) is 0 Å². The van der Waals surface area contributed by atoms with Crippen LogP contribution in [0, 0.1) is 0 Å². The highest BCUT2D eigenvalue weighted by Gasteiger charge is 2.27. The third-order valence-electron chi connectivity index (χ3n) is 12.6. The van der Waals surface area contributed by atoms with Crippen molar-refractivity contribution < 1.29 is 32.9 Å². The molecule has 0 aromatic rings. The monoisotopic (exact) mass is 1000 g/mol. The number of allylic oxidation sites excluding steroid dienone is 13. The van der Waals surface area contributed by atoms with E-state index < -0.39 is 20.0 Å². The number of hydrogen-bond donors (Lipinski definition) is 3. The molecule has 3 unspecified atom stereocenters. The van der Waals surface area contributed by atoms with Crippen molar-refractivity contribution in [3.63, 3.8) is 0 Å². The number of likely N-dealkylation sites (N-methyl/N-ethyl adjacent to an activating group) is 1. The quantitative estimate of drug-likeness (QED) is 0.0243. The molecule has 0 saturated heterocycles. The number of carbonyl (C=O) groups excluding carboxylic acids is 1. The Morgan fingerprint density at radius 3 is 1.26 bits per heavy atom. The van der Waals surface area contributed by atoms with E-state index in [1.165, 1.54) is 148 Å². The number of unbranched alkanes of at least 4 members (excludes halogenated alkanes) is 27. The van der Waals surface area contributed by atoms with E-state index in [0.717, 1.165) is 77.0 Å². The highest BCUT2D eigenvalue weighted by Crippen LogP contribution is 2.43. The largest absolute Gasteiger partial charge is 0.472 e. The lowest BCUT2D eigenvalue weighted by Gasteiger charge is -2.25. The van der Waals surface area contributed by atoms with Gasteiger partial charge in [0.1, 0.15) is 13.2 Å². The summed E-state index contributed by atoms with van der Waals surface area (Å²) >= 11 is 0. The normalized spacial score (nSPS) is 14.6. The number of amides is 1. The summed E-state index contributed by atoms with van der Waals surface area (Å²) in [6, 6.07) is -0.844. The molecule has 3 atom stereocenters. The number of phosphoric ester groups is 1. The van der Waals surface area contributed by atoms with Crippen molar-refractivity contribution in [3.05, 3.63) is 85.1 Å². The van der Waals surface area contributed by atoms with Gasteiger partial charge in [-0.2, -0.15) is 0 Å². The van der Waals surface area contributed by atoms with Crippen LogP contribution in [0.5, 0.6) is 0 Å². The van der Waals surface area contributed by atoms with Gasteiger partial charge in [0.2, 0.25) is 5.91 Å². The Hall–Kier alpha value is -2.32. The molecule has 0 heterocycles. The maximum Gasteiger partial charge on any atom is 0.472 e. The minimum atomic E-state index is -4.33. The minimum Gasteiger partial charge on any atom is -0.387 e. The molecular formula is C61H112N2O6P+. The molecule has 0 fully saturated rings. The number of nitrogens with one attached hydrogen (secondary N) is 1. The topological polar surface area (TPSA) is 105 Å². The van der Waals surface area contributed by atoms with Crippen molar-refractivity contribution >= 4 is 13.7 Å². The molecule has 0 saturated carbocycles. The highest BCUT2D eigenvalue weighted by molar-refractivity contribution is 7.47. The maximum atomic E-state index is 12.9. The molecule has 0 bridgehead atoms. The Balaban J connectivity index is 3.78. The average molecular weight is 1000 g/mol. The molecule has 1 amide bonds. The van der Waals surface area contributed by atoms with Gasteiger partial charge in [-0.05, 0) is 70.6 Å². The number of rotatable bonds is 52. The maximum absolute atomic E-state index is 12.9. The van der Waals surface area contributed by atoms with Crippen LogP contribution in [0.25, 0.3) is 0 Å². The van der Waals surface area contributed by atoms with E-state index in [-0.39, 0.29) is 19.1 Å². The predicted molar refractivity (Wildman–Crippen MR) is 304 cm³/mol. The summed E-state index contributed by atoms with van der Waals surface area (Å²) < 4.78 is 23.5. The van der Waals surface area contributed by atoms with Crippen LogP contribution in [0.2, 0.25) is 0 Å². The molecule has 0 aliphatic rings. The summed E-state index contributed by atoms with van der Waals surface area (Å²) in [5, 5.41) is 13.7. The van der Waals surface area contributed by atoms with E-state index in [1.54, 1.807) is 6.08 Å². The van der Waals surface area contributed by atoms with Crippen LogP contribution in [0.15, 0.2) is 85.1 Å². The summed E-state index contributed by atoms with van der Waals surface area (Å²) in [5.41, 5.74) is 0. The lowest BCUT2D eigenvalue weighted by Crippen LogP contribution is -2.45. The third-order valence-corrected chi connectivity index (χ3v) is 13.6. The number of quaternary nitrogens is 1. The Labute approximate surface area is 433 Å². The van der Waals surface area contributed by atoms with Gasteiger partial charge in [-0.3, -0.25) is 13.8 Å². The molecule has 0 aromatic heterocycles. The van der Waals surface area contributed by atoms with E-state index in [4.69, 9.17) is 9.05 Å². The zero-order valence-corrected chi connectivity index (χ0v) is 47.1. The van der Waals surface area contributed by atoms with Gasteiger partial charge < -0.3 is 19.8 Å². The number of carbonyl (C=O) groups is 1. The molecule has 8 nitrogen and oxygen atoms in total. The first-order valence-electron chi connectivity index (χ1n) is 29.0. The standard InChI is InChI=1S/C61H111N2O6P/c1-6-8-10-12-14-15-16-17-18-19-20-21-22-23-24-25-26-27-28-29-30-31-32-33-34-35-36-37-38-39-40-41-42-43-44-45-46-47-49-51-53-55-61(65)62-59(60(64)54-52-50-48-13-11-9-7-2)58-69-70(66,67)68-57-56-63(3,4)5/h8,10,14-15,17-18,20-21,23-24,26-27,52,54,59-60,64H,6-7,9,11-13,16,19,22,25,28-51,53,55-58H2,1-5H3,(H-,62,65,66,67)/p+1/b10-8-,15-14-,18-17-,21-20-,24-23-,27-26-,54-52+. The van der Waals surface area contributed by atoms with Crippen molar-refractivity contribution in [2.24, 2.45) is 0 Å². The zero-order valence-electron chi connectivity index (χ0n) is 46.2. The molecule has 0 spiro atoms. The molecule has 3 N–H and O–H groups in total. The summed E-state index contributed by atoms with van der Waals surface area (Å²) in [4.78, 5) is 23.1. The van der Waals surface area contributed by atoms with Crippen LogP contribution < -0.4 is 5.32 Å².